The molecule has 0 aliphatic rings. The number of rotatable bonds is 5. The molecular weight excluding hydrogens is 214 g/mol. The van der Waals surface area contributed by atoms with Gasteiger partial charge in [-0.3, -0.25) is 4.79 Å². The quantitative estimate of drug-likeness (QED) is 0.847. The van der Waals surface area contributed by atoms with E-state index in [1.165, 1.54) is 5.56 Å². The van der Waals surface area contributed by atoms with Crippen LogP contribution in [-0.2, 0) is 11.2 Å². The Hall–Kier alpha value is -1.82. The number of nitrogens with zero attached hydrogens (tertiary/aromatic N) is 1. The third-order valence-electron chi connectivity index (χ3n) is 2.62. The SMILES string of the molecule is CC(C)Cc1ccc(C(CC#N)C(=O)O)cc1. The second-order valence-electron chi connectivity index (χ2n) is 4.59. The van der Waals surface area contributed by atoms with Gasteiger partial charge >= 0.3 is 5.97 Å². The van der Waals surface area contributed by atoms with Gasteiger partial charge in [0.2, 0.25) is 0 Å². The number of nitriles is 1. The molecule has 3 nitrogen and oxygen atoms in total. The molecule has 90 valence electrons. The Kier molecular flexibility index (Phi) is 4.71. The summed E-state index contributed by atoms with van der Waals surface area (Å²) in [5, 5.41) is 17.6. The molecule has 17 heavy (non-hydrogen) atoms. The lowest BCUT2D eigenvalue weighted by atomic mass is 9.94. The molecule has 1 N–H and O–H groups in total. The van der Waals surface area contributed by atoms with Crippen molar-refractivity contribution < 1.29 is 9.90 Å². The van der Waals surface area contributed by atoms with E-state index in [9.17, 15) is 4.79 Å². The van der Waals surface area contributed by atoms with Gasteiger partial charge in [-0.25, -0.2) is 0 Å². The van der Waals surface area contributed by atoms with Crippen molar-refractivity contribution in [3.63, 3.8) is 0 Å². The highest BCUT2D eigenvalue weighted by Crippen LogP contribution is 2.21. The number of benzene rings is 1. The van der Waals surface area contributed by atoms with Gasteiger partial charge in [-0.2, -0.15) is 5.26 Å². The normalized spacial score (nSPS) is 12.1. The molecule has 0 aliphatic heterocycles. The van der Waals surface area contributed by atoms with Crippen LogP contribution in [0, 0.1) is 17.2 Å². The van der Waals surface area contributed by atoms with Gasteiger partial charge in [-0.1, -0.05) is 38.1 Å². The Morgan fingerprint density at radius 2 is 1.94 bits per heavy atom. The average Bonchev–Trinajstić information content (AvgIpc) is 2.26. The Morgan fingerprint density at radius 1 is 1.35 bits per heavy atom. The fourth-order valence-corrected chi connectivity index (χ4v) is 1.80. The molecule has 1 unspecified atom stereocenters. The second kappa shape index (κ2) is 6.05. The first-order chi connectivity index (χ1) is 8.04. The number of carboxylic acids is 1. The zero-order valence-electron chi connectivity index (χ0n) is 10.2. The Bertz CT molecular complexity index is 415. The van der Waals surface area contributed by atoms with Gasteiger partial charge in [-0.05, 0) is 23.5 Å². The van der Waals surface area contributed by atoms with Crippen LogP contribution in [0.25, 0.3) is 0 Å². The predicted octanol–water partition coefficient (Wildman–Crippen LogP) is 2.97. The second-order valence-corrected chi connectivity index (χ2v) is 4.59. The van der Waals surface area contributed by atoms with Crippen LogP contribution < -0.4 is 0 Å². The molecule has 0 spiro atoms. The highest BCUT2D eigenvalue weighted by molar-refractivity contribution is 5.76. The molecule has 1 atom stereocenters. The minimum Gasteiger partial charge on any atom is -0.481 e. The van der Waals surface area contributed by atoms with E-state index in [-0.39, 0.29) is 6.42 Å². The third-order valence-corrected chi connectivity index (χ3v) is 2.62. The van der Waals surface area contributed by atoms with Crippen molar-refractivity contribution in [2.24, 2.45) is 5.92 Å². The summed E-state index contributed by atoms with van der Waals surface area (Å²) in [5.41, 5.74) is 1.90. The first-order valence-electron chi connectivity index (χ1n) is 5.73. The average molecular weight is 231 g/mol. The summed E-state index contributed by atoms with van der Waals surface area (Å²) < 4.78 is 0. The molecule has 0 fully saturated rings. The standard InChI is InChI=1S/C14H17NO2/c1-10(2)9-11-3-5-12(6-4-11)13(7-8-15)14(16)17/h3-6,10,13H,7,9H2,1-2H3,(H,16,17). The fourth-order valence-electron chi connectivity index (χ4n) is 1.80. The number of carboxylic acid groups (broad SMARTS) is 1. The number of carbonyl (C=O) groups is 1. The van der Waals surface area contributed by atoms with Crippen molar-refractivity contribution in [1.82, 2.24) is 0 Å². The van der Waals surface area contributed by atoms with Crippen LogP contribution in [0.2, 0.25) is 0 Å². The van der Waals surface area contributed by atoms with Crippen LogP contribution in [0.3, 0.4) is 0 Å². The number of aliphatic carboxylic acids is 1. The van der Waals surface area contributed by atoms with Gasteiger partial charge in [0, 0.05) is 0 Å². The van der Waals surface area contributed by atoms with Crippen molar-refractivity contribution in [3.8, 4) is 6.07 Å². The summed E-state index contributed by atoms with van der Waals surface area (Å²) in [4.78, 5) is 11.0. The molecule has 0 heterocycles. The largest absolute Gasteiger partial charge is 0.481 e. The maximum Gasteiger partial charge on any atom is 0.312 e. The van der Waals surface area contributed by atoms with Crippen LogP contribution >= 0.6 is 0 Å². The summed E-state index contributed by atoms with van der Waals surface area (Å²) in [6.45, 7) is 4.29. The minimum absolute atomic E-state index is 0.0128. The number of hydrogen-bond donors (Lipinski definition) is 1. The molecule has 0 saturated carbocycles. The van der Waals surface area contributed by atoms with Crippen LogP contribution in [-0.4, -0.2) is 11.1 Å². The minimum atomic E-state index is -0.942. The maximum absolute atomic E-state index is 11.0. The number of hydrogen-bond acceptors (Lipinski definition) is 2. The van der Waals surface area contributed by atoms with Gasteiger partial charge in [-0.15, -0.1) is 0 Å². The first kappa shape index (κ1) is 13.2. The van der Waals surface area contributed by atoms with Crippen molar-refractivity contribution in [3.05, 3.63) is 35.4 Å². The van der Waals surface area contributed by atoms with Crippen LogP contribution in [0.4, 0.5) is 0 Å². The Morgan fingerprint density at radius 3 is 2.35 bits per heavy atom. The van der Waals surface area contributed by atoms with Crippen LogP contribution in [0.5, 0.6) is 0 Å². The fraction of sp³-hybridized carbons (Fsp3) is 0.429. The molecule has 0 radical (unpaired) electrons. The summed E-state index contributed by atoms with van der Waals surface area (Å²) in [6.07, 6.45) is 0.995. The van der Waals surface area contributed by atoms with E-state index in [2.05, 4.69) is 13.8 Å². The Labute approximate surface area is 102 Å². The van der Waals surface area contributed by atoms with Crippen molar-refractivity contribution in [2.45, 2.75) is 32.6 Å². The van der Waals surface area contributed by atoms with E-state index in [4.69, 9.17) is 10.4 Å². The van der Waals surface area contributed by atoms with E-state index < -0.39 is 11.9 Å². The zero-order chi connectivity index (χ0) is 12.8. The van der Waals surface area contributed by atoms with Crippen molar-refractivity contribution in [1.29, 1.82) is 5.26 Å². The summed E-state index contributed by atoms with van der Waals surface area (Å²) in [6, 6.07) is 9.43. The lowest BCUT2D eigenvalue weighted by Crippen LogP contribution is -2.11. The molecule has 0 amide bonds. The van der Waals surface area contributed by atoms with E-state index in [0.717, 1.165) is 6.42 Å². The van der Waals surface area contributed by atoms with Gasteiger partial charge in [0.1, 0.15) is 0 Å². The maximum atomic E-state index is 11.0. The molecule has 3 heteroatoms. The highest BCUT2D eigenvalue weighted by atomic mass is 16.4. The van der Waals surface area contributed by atoms with Crippen LogP contribution in [0.1, 0.15) is 37.3 Å². The first-order valence-corrected chi connectivity index (χ1v) is 5.73. The van der Waals surface area contributed by atoms with E-state index in [1.807, 2.05) is 30.3 Å². The molecule has 0 aromatic heterocycles. The molecule has 1 aromatic carbocycles. The molecular formula is C14H17NO2. The zero-order valence-corrected chi connectivity index (χ0v) is 10.2. The molecule has 1 aromatic rings. The third kappa shape index (κ3) is 3.92. The van der Waals surface area contributed by atoms with Gasteiger partial charge < -0.3 is 5.11 Å². The summed E-state index contributed by atoms with van der Waals surface area (Å²) in [7, 11) is 0. The molecule has 0 saturated heterocycles. The Balaban J connectivity index is 2.85. The monoisotopic (exact) mass is 231 g/mol. The topological polar surface area (TPSA) is 61.1 Å². The van der Waals surface area contributed by atoms with Crippen molar-refractivity contribution in [2.75, 3.05) is 0 Å². The van der Waals surface area contributed by atoms with Crippen molar-refractivity contribution >= 4 is 5.97 Å². The van der Waals surface area contributed by atoms with E-state index >= 15 is 0 Å². The molecule has 0 bridgehead atoms. The summed E-state index contributed by atoms with van der Waals surface area (Å²) in [5.74, 6) is -1.08. The summed E-state index contributed by atoms with van der Waals surface area (Å²) >= 11 is 0. The van der Waals surface area contributed by atoms with Gasteiger partial charge in [0.15, 0.2) is 0 Å². The lowest BCUT2D eigenvalue weighted by Gasteiger charge is -2.10. The lowest BCUT2D eigenvalue weighted by molar-refractivity contribution is -0.138. The van der Waals surface area contributed by atoms with E-state index in [0.29, 0.717) is 11.5 Å². The smallest absolute Gasteiger partial charge is 0.312 e. The highest BCUT2D eigenvalue weighted by Gasteiger charge is 2.19. The molecule has 1 rings (SSSR count). The van der Waals surface area contributed by atoms with Gasteiger partial charge in [0.25, 0.3) is 0 Å². The molecule has 0 aliphatic carbocycles. The van der Waals surface area contributed by atoms with E-state index in [1.54, 1.807) is 0 Å². The van der Waals surface area contributed by atoms with Crippen LogP contribution in [0.15, 0.2) is 24.3 Å². The van der Waals surface area contributed by atoms with Gasteiger partial charge in [0.05, 0.1) is 18.4 Å². The predicted molar refractivity (Wildman–Crippen MR) is 65.6 cm³/mol.